The molecule has 0 aliphatic rings. The number of anilines is 2. The van der Waals surface area contributed by atoms with Gasteiger partial charge in [-0.15, -0.1) is 0 Å². The van der Waals surface area contributed by atoms with Gasteiger partial charge in [0.1, 0.15) is 0 Å². The first-order valence-electron chi connectivity index (χ1n) is 7.70. The fraction of sp³-hybridized carbons (Fsp3) is 0.368. The molecular weight excluding hydrogens is 256 g/mol. The predicted octanol–water partition coefficient (Wildman–Crippen LogP) is 4.99. The van der Waals surface area contributed by atoms with Gasteiger partial charge in [0.05, 0.1) is 0 Å². The molecule has 2 nitrogen and oxygen atoms in total. The molecule has 0 aliphatic heterocycles. The van der Waals surface area contributed by atoms with E-state index >= 15 is 0 Å². The smallest absolute Gasteiger partial charge is 0.0374 e. The van der Waals surface area contributed by atoms with Crippen molar-refractivity contribution in [1.29, 1.82) is 0 Å². The molecule has 2 rings (SSSR count). The van der Waals surface area contributed by atoms with Gasteiger partial charge in [0.2, 0.25) is 0 Å². The van der Waals surface area contributed by atoms with Crippen molar-refractivity contribution in [2.45, 2.75) is 46.2 Å². The molecule has 0 aromatic heterocycles. The molecule has 2 aromatic rings. The lowest BCUT2D eigenvalue weighted by atomic mass is 10.1. The van der Waals surface area contributed by atoms with Gasteiger partial charge in [-0.3, -0.25) is 0 Å². The second-order valence-corrected chi connectivity index (χ2v) is 6.01. The summed E-state index contributed by atoms with van der Waals surface area (Å²) in [5.41, 5.74) is 5.03. The standard InChI is InChI=1S/C19H26N2/c1-14-10-11-15(2)19(12-14)21-17(4)13-16(3)20-18-8-6-5-7-9-18/h5-12,16-17,20-21H,13H2,1-4H3. The van der Waals surface area contributed by atoms with Crippen molar-refractivity contribution in [3.05, 3.63) is 59.7 Å². The molecular formula is C19H26N2. The lowest BCUT2D eigenvalue weighted by Crippen LogP contribution is -2.26. The van der Waals surface area contributed by atoms with Crippen molar-refractivity contribution < 1.29 is 0 Å². The molecule has 2 atom stereocenters. The summed E-state index contributed by atoms with van der Waals surface area (Å²) in [5.74, 6) is 0. The third-order valence-corrected chi connectivity index (χ3v) is 3.69. The molecule has 2 unspecified atom stereocenters. The average Bonchev–Trinajstić information content (AvgIpc) is 2.43. The minimum atomic E-state index is 0.428. The quantitative estimate of drug-likeness (QED) is 0.779. The van der Waals surface area contributed by atoms with Crippen LogP contribution in [0.4, 0.5) is 11.4 Å². The summed E-state index contributed by atoms with van der Waals surface area (Å²) in [5, 5.41) is 7.17. The van der Waals surface area contributed by atoms with E-state index in [4.69, 9.17) is 0 Å². The highest BCUT2D eigenvalue weighted by Crippen LogP contribution is 2.19. The van der Waals surface area contributed by atoms with Crippen LogP contribution in [0.1, 0.15) is 31.4 Å². The first-order valence-corrected chi connectivity index (χ1v) is 7.70. The number of hydrogen-bond acceptors (Lipinski definition) is 2. The fourth-order valence-corrected chi connectivity index (χ4v) is 2.62. The first kappa shape index (κ1) is 15.4. The minimum absolute atomic E-state index is 0.428. The Bertz CT molecular complexity index is 563. The highest BCUT2D eigenvalue weighted by atomic mass is 15.0. The zero-order valence-corrected chi connectivity index (χ0v) is 13.5. The van der Waals surface area contributed by atoms with Crippen molar-refractivity contribution in [2.75, 3.05) is 10.6 Å². The van der Waals surface area contributed by atoms with Crippen molar-refractivity contribution in [2.24, 2.45) is 0 Å². The van der Waals surface area contributed by atoms with E-state index in [0.717, 1.165) is 6.42 Å². The SMILES string of the molecule is Cc1ccc(C)c(NC(C)CC(C)Nc2ccccc2)c1. The molecule has 0 aliphatic carbocycles. The van der Waals surface area contributed by atoms with E-state index in [9.17, 15) is 0 Å². The molecule has 0 fully saturated rings. The number of nitrogens with one attached hydrogen (secondary N) is 2. The summed E-state index contributed by atoms with van der Waals surface area (Å²) < 4.78 is 0. The van der Waals surface area contributed by atoms with Crippen LogP contribution in [-0.4, -0.2) is 12.1 Å². The number of benzene rings is 2. The molecule has 21 heavy (non-hydrogen) atoms. The second kappa shape index (κ2) is 7.16. The van der Waals surface area contributed by atoms with Crippen LogP contribution in [0.2, 0.25) is 0 Å². The van der Waals surface area contributed by atoms with E-state index in [1.54, 1.807) is 0 Å². The van der Waals surface area contributed by atoms with Crippen LogP contribution in [0.3, 0.4) is 0 Å². The van der Waals surface area contributed by atoms with Crippen LogP contribution >= 0.6 is 0 Å². The Labute approximate surface area is 128 Å². The van der Waals surface area contributed by atoms with Crippen LogP contribution in [0.15, 0.2) is 48.5 Å². The molecule has 0 spiro atoms. The molecule has 112 valence electrons. The molecule has 0 bridgehead atoms. The van der Waals surface area contributed by atoms with E-state index in [1.165, 1.54) is 22.5 Å². The van der Waals surface area contributed by atoms with Gasteiger partial charge >= 0.3 is 0 Å². The molecule has 0 saturated carbocycles. The van der Waals surface area contributed by atoms with Crippen molar-refractivity contribution in [1.82, 2.24) is 0 Å². The maximum absolute atomic E-state index is 3.63. The molecule has 2 N–H and O–H groups in total. The highest BCUT2D eigenvalue weighted by molar-refractivity contribution is 5.53. The van der Waals surface area contributed by atoms with E-state index in [1.807, 2.05) is 6.07 Å². The van der Waals surface area contributed by atoms with Gasteiger partial charge in [-0.1, -0.05) is 30.3 Å². The summed E-state index contributed by atoms with van der Waals surface area (Å²) in [4.78, 5) is 0. The van der Waals surface area contributed by atoms with E-state index in [0.29, 0.717) is 12.1 Å². The molecule has 0 saturated heterocycles. The van der Waals surface area contributed by atoms with Gasteiger partial charge in [-0.2, -0.15) is 0 Å². The Morgan fingerprint density at radius 3 is 2.24 bits per heavy atom. The molecule has 0 amide bonds. The Hall–Kier alpha value is -1.96. The van der Waals surface area contributed by atoms with Gasteiger partial charge in [-0.25, -0.2) is 0 Å². The van der Waals surface area contributed by atoms with Gasteiger partial charge in [0.15, 0.2) is 0 Å². The largest absolute Gasteiger partial charge is 0.383 e. The van der Waals surface area contributed by atoms with Crippen LogP contribution in [0.25, 0.3) is 0 Å². The summed E-state index contributed by atoms with van der Waals surface area (Å²) in [6.07, 6.45) is 1.07. The monoisotopic (exact) mass is 282 g/mol. The summed E-state index contributed by atoms with van der Waals surface area (Å²) in [6.45, 7) is 8.76. The Morgan fingerprint density at radius 2 is 1.52 bits per heavy atom. The number of aryl methyl sites for hydroxylation is 2. The average molecular weight is 282 g/mol. The van der Waals surface area contributed by atoms with Crippen LogP contribution in [-0.2, 0) is 0 Å². The minimum Gasteiger partial charge on any atom is -0.383 e. The van der Waals surface area contributed by atoms with Gasteiger partial charge in [-0.05, 0) is 63.4 Å². The summed E-state index contributed by atoms with van der Waals surface area (Å²) >= 11 is 0. The van der Waals surface area contributed by atoms with Crippen LogP contribution < -0.4 is 10.6 Å². The lowest BCUT2D eigenvalue weighted by Gasteiger charge is -2.22. The lowest BCUT2D eigenvalue weighted by molar-refractivity contribution is 0.633. The van der Waals surface area contributed by atoms with Crippen molar-refractivity contribution in [3.8, 4) is 0 Å². The third-order valence-electron chi connectivity index (χ3n) is 3.69. The Balaban J connectivity index is 1.89. The first-order chi connectivity index (χ1) is 10.0. The molecule has 0 radical (unpaired) electrons. The van der Waals surface area contributed by atoms with Crippen molar-refractivity contribution in [3.63, 3.8) is 0 Å². The fourth-order valence-electron chi connectivity index (χ4n) is 2.62. The molecule has 2 heteroatoms. The van der Waals surface area contributed by atoms with Gasteiger partial charge in [0.25, 0.3) is 0 Å². The second-order valence-electron chi connectivity index (χ2n) is 6.01. The van der Waals surface area contributed by atoms with Crippen molar-refractivity contribution >= 4 is 11.4 Å². The van der Waals surface area contributed by atoms with Crippen LogP contribution in [0.5, 0.6) is 0 Å². The van der Waals surface area contributed by atoms with E-state index in [-0.39, 0.29) is 0 Å². The van der Waals surface area contributed by atoms with E-state index < -0.39 is 0 Å². The van der Waals surface area contributed by atoms with Gasteiger partial charge < -0.3 is 10.6 Å². The summed E-state index contributed by atoms with van der Waals surface area (Å²) in [7, 11) is 0. The Kier molecular flexibility index (Phi) is 5.26. The maximum atomic E-state index is 3.63. The molecule has 0 heterocycles. The zero-order chi connectivity index (χ0) is 15.2. The van der Waals surface area contributed by atoms with E-state index in [2.05, 4.69) is 80.8 Å². The maximum Gasteiger partial charge on any atom is 0.0374 e. The zero-order valence-electron chi connectivity index (χ0n) is 13.5. The van der Waals surface area contributed by atoms with Gasteiger partial charge in [0, 0.05) is 23.5 Å². The number of hydrogen-bond donors (Lipinski definition) is 2. The normalized spacial score (nSPS) is 13.5. The van der Waals surface area contributed by atoms with Crippen LogP contribution in [0, 0.1) is 13.8 Å². The predicted molar refractivity (Wildman–Crippen MR) is 93.1 cm³/mol. The Morgan fingerprint density at radius 1 is 0.857 bits per heavy atom. The topological polar surface area (TPSA) is 24.1 Å². The number of rotatable bonds is 6. The third kappa shape index (κ3) is 4.82. The molecule has 2 aromatic carbocycles. The summed E-state index contributed by atoms with van der Waals surface area (Å²) in [6, 6.07) is 17.8. The highest BCUT2D eigenvalue weighted by Gasteiger charge is 2.09. The number of para-hydroxylation sites is 1.